The standard InChI is InChI=1S/C11H21NO3/c1-5-6-7-15-10(8-14-4)12-11(13)9(2)3/h10H,2,5-8H2,1,3-4H3,(H,12,13). The van der Waals surface area contributed by atoms with Gasteiger partial charge in [0.05, 0.1) is 6.61 Å². The highest BCUT2D eigenvalue weighted by Gasteiger charge is 2.12. The summed E-state index contributed by atoms with van der Waals surface area (Å²) in [6.07, 6.45) is 1.66. The fourth-order valence-electron chi connectivity index (χ4n) is 0.922. The highest BCUT2D eigenvalue weighted by Crippen LogP contribution is 1.96. The lowest BCUT2D eigenvalue weighted by Gasteiger charge is -2.18. The third-order valence-electron chi connectivity index (χ3n) is 1.81. The largest absolute Gasteiger partial charge is 0.380 e. The Morgan fingerprint density at radius 1 is 1.53 bits per heavy atom. The van der Waals surface area contributed by atoms with E-state index in [1.165, 1.54) is 0 Å². The molecule has 1 N–H and O–H groups in total. The second-order valence-electron chi connectivity index (χ2n) is 3.42. The molecular weight excluding hydrogens is 194 g/mol. The number of rotatable bonds is 8. The number of hydrogen-bond donors (Lipinski definition) is 1. The molecule has 0 rings (SSSR count). The maximum Gasteiger partial charge on any atom is 0.248 e. The van der Waals surface area contributed by atoms with Gasteiger partial charge in [-0.2, -0.15) is 0 Å². The Kier molecular flexibility index (Phi) is 7.95. The van der Waals surface area contributed by atoms with E-state index in [-0.39, 0.29) is 12.1 Å². The Labute approximate surface area is 91.6 Å². The summed E-state index contributed by atoms with van der Waals surface area (Å²) >= 11 is 0. The highest BCUT2D eigenvalue weighted by atomic mass is 16.5. The molecule has 4 nitrogen and oxygen atoms in total. The van der Waals surface area contributed by atoms with Crippen LogP contribution in [0, 0.1) is 0 Å². The zero-order valence-corrected chi connectivity index (χ0v) is 9.84. The molecule has 0 radical (unpaired) electrons. The minimum atomic E-state index is -0.384. The van der Waals surface area contributed by atoms with Gasteiger partial charge in [0.1, 0.15) is 0 Å². The quantitative estimate of drug-likeness (QED) is 0.379. The Balaban J connectivity index is 3.91. The van der Waals surface area contributed by atoms with E-state index in [0.29, 0.717) is 18.8 Å². The number of ether oxygens (including phenoxy) is 2. The van der Waals surface area contributed by atoms with Gasteiger partial charge in [0, 0.05) is 19.3 Å². The van der Waals surface area contributed by atoms with Crippen molar-refractivity contribution >= 4 is 5.91 Å². The lowest BCUT2D eigenvalue weighted by atomic mass is 10.3. The fraction of sp³-hybridized carbons (Fsp3) is 0.727. The van der Waals surface area contributed by atoms with Crippen molar-refractivity contribution in [1.82, 2.24) is 5.32 Å². The minimum absolute atomic E-state index is 0.200. The third-order valence-corrected chi connectivity index (χ3v) is 1.81. The first-order valence-corrected chi connectivity index (χ1v) is 5.18. The van der Waals surface area contributed by atoms with E-state index in [1.54, 1.807) is 14.0 Å². The fourth-order valence-corrected chi connectivity index (χ4v) is 0.922. The van der Waals surface area contributed by atoms with E-state index in [9.17, 15) is 4.79 Å². The van der Waals surface area contributed by atoms with Crippen LogP contribution in [0.1, 0.15) is 26.7 Å². The Morgan fingerprint density at radius 2 is 2.20 bits per heavy atom. The van der Waals surface area contributed by atoms with Crippen molar-refractivity contribution in [3.8, 4) is 0 Å². The summed E-state index contributed by atoms with van der Waals surface area (Å²) in [6.45, 7) is 8.27. The van der Waals surface area contributed by atoms with Crippen LogP contribution in [0.4, 0.5) is 0 Å². The second kappa shape index (κ2) is 8.44. The number of methoxy groups -OCH3 is 1. The molecule has 0 saturated carbocycles. The number of nitrogens with one attached hydrogen (secondary N) is 1. The van der Waals surface area contributed by atoms with Crippen molar-refractivity contribution in [1.29, 1.82) is 0 Å². The molecule has 4 heteroatoms. The maximum atomic E-state index is 11.3. The highest BCUT2D eigenvalue weighted by molar-refractivity contribution is 5.92. The number of unbranched alkanes of at least 4 members (excludes halogenated alkanes) is 1. The summed E-state index contributed by atoms with van der Waals surface area (Å²) < 4.78 is 10.4. The molecule has 0 aromatic carbocycles. The van der Waals surface area contributed by atoms with E-state index in [1.807, 2.05) is 0 Å². The van der Waals surface area contributed by atoms with Crippen molar-refractivity contribution in [2.75, 3.05) is 20.3 Å². The van der Waals surface area contributed by atoms with E-state index in [4.69, 9.17) is 9.47 Å². The molecule has 1 atom stereocenters. The summed E-state index contributed by atoms with van der Waals surface area (Å²) in [7, 11) is 1.57. The molecule has 0 aliphatic carbocycles. The molecule has 1 unspecified atom stereocenters. The van der Waals surface area contributed by atoms with Crippen molar-refractivity contribution in [3.63, 3.8) is 0 Å². The van der Waals surface area contributed by atoms with Crippen molar-refractivity contribution in [2.45, 2.75) is 32.9 Å². The smallest absolute Gasteiger partial charge is 0.248 e. The molecule has 0 bridgehead atoms. The van der Waals surface area contributed by atoms with E-state index < -0.39 is 0 Å². The lowest BCUT2D eigenvalue weighted by molar-refractivity contribution is -0.123. The van der Waals surface area contributed by atoms with Crippen LogP contribution < -0.4 is 5.32 Å². The average molecular weight is 215 g/mol. The van der Waals surface area contributed by atoms with Crippen LogP contribution in [-0.2, 0) is 14.3 Å². The molecule has 1 amide bonds. The monoisotopic (exact) mass is 215 g/mol. The van der Waals surface area contributed by atoms with Gasteiger partial charge in [-0.25, -0.2) is 0 Å². The Hall–Kier alpha value is -0.870. The summed E-state index contributed by atoms with van der Waals surface area (Å²) in [6, 6.07) is 0. The first-order valence-electron chi connectivity index (χ1n) is 5.18. The first-order chi connectivity index (χ1) is 7.11. The average Bonchev–Trinajstić information content (AvgIpc) is 2.18. The van der Waals surface area contributed by atoms with E-state index >= 15 is 0 Å². The van der Waals surface area contributed by atoms with Gasteiger partial charge in [-0.1, -0.05) is 19.9 Å². The Morgan fingerprint density at radius 3 is 2.67 bits per heavy atom. The molecule has 0 heterocycles. The van der Waals surface area contributed by atoms with Crippen LogP contribution in [-0.4, -0.2) is 32.5 Å². The third kappa shape index (κ3) is 7.11. The molecule has 0 spiro atoms. The topological polar surface area (TPSA) is 47.6 Å². The van der Waals surface area contributed by atoms with Gasteiger partial charge in [0.2, 0.25) is 5.91 Å². The van der Waals surface area contributed by atoms with Crippen molar-refractivity contribution in [2.24, 2.45) is 0 Å². The van der Waals surface area contributed by atoms with Gasteiger partial charge in [0.25, 0.3) is 0 Å². The Bertz CT molecular complexity index is 204. The van der Waals surface area contributed by atoms with Crippen LogP contribution in [0.15, 0.2) is 12.2 Å². The van der Waals surface area contributed by atoms with Crippen LogP contribution in [0.25, 0.3) is 0 Å². The van der Waals surface area contributed by atoms with Gasteiger partial charge < -0.3 is 14.8 Å². The number of carbonyl (C=O) groups excluding carboxylic acids is 1. The van der Waals surface area contributed by atoms with Gasteiger partial charge in [-0.05, 0) is 13.3 Å². The minimum Gasteiger partial charge on any atom is -0.380 e. The lowest BCUT2D eigenvalue weighted by Crippen LogP contribution is -2.40. The molecule has 0 aromatic heterocycles. The van der Waals surface area contributed by atoms with Crippen LogP contribution >= 0.6 is 0 Å². The molecule has 15 heavy (non-hydrogen) atoms. The van der Waals surface area contributed by atoms with Gasteiger partial charge >= 0.3 is 0 Å². The maximum absolute atomic E-state index is 11.3. The molecular formula is C11H21NO3. The predicted molar refractivity (Wildman–Crippen MR) is 59.5 cm³/mol. The van der Waals surface area contributed by atoms with Crippen molar-refractivity contribution < 1.29 is 14.3 Å². The van der Waals surface area contributed by atoms with Gasteiger partial charge in [-0.15, -0.1) is 0 Å². The van der Waals surface area contributed by atoms with Gasteiger partial charge in [-0.3, -0.25) is 4.79 Å². The SMILES string of the molecule is C=C(C)C(=O)NC(COC)OCCCC. The van der Waals surface area contributed by atoms with Crippen LogP contribution in [0.2, 0.25) is 0 Å². The van der Waals surface area contributed by atoms with Gasteiger partial charge in [0.15, 0.2) is 6.23 Å². The second-order valence-corrected chi connectivity index (χ2v) is 3.42. The van der Waals surface area contributed by atoms with E-state index in [0.717, 1.165) is 12.8 Å². The number of carbonyl (C=O) groups is 1. The zero-order chi connectivity index (χ0) is 11.7. The van der Waals surface area contributed by atoms with Crippen LogP contribution in [0.5, 0.6) is 0 Å². The molecule has 0 fully saturated rings. The number of amides is 1. The molecule has 0 saturated heterocycles. The number of hydrogen-bond acceptors (Lipinski definition) is 3. The molecule has 0 aromatic rings. The summed E-state index contributed by atoms with van der Waals surface area (Å²) in [4.78, 5) is 11.3. The summed E-state index contributed by atoms with van der Waals surface area (Å²) in [5.41, 5.74) is 0.468. The normalized spacial score (nSPS) is 12.2. The molecule has 0 aliphatic heterocycles. The van der Waals surface area contributed by atoms with E-state index in [2.05, 4.69) is 18.8 Å². The first kappa shape index (κ1) is 14.1. The zero-order valence-electron chi connectivity index (χ0n) is 9.84. The summed E-state index contributed by atoms with van der Waals surface area (Å²) in [5.74, 6) is -0.200. The van der Waals surface area contributed by atoms with Crippen molar-refractivity contribution in [3.05, 3.63) is 12.2 Å². The molecule has 0 aliphatic rings. The summed E-state index contributed by atoms with van der Waals surface area (Å²) in [5, 5.41) is 2.69. The predicted octanol–water partition coefficient (Wildman–Crippen LogP) is 1.47. The van der Waals surface area contributed by atoms with Crippen LogP contribution in [0.3, 0.4) is 0 Å². The molecule has 88 valence electrons.